The summed E-state index contributed by atoms with van der Waals surface area (Å²) in [5.74, 6) is 1.33. The average molecular weight is 447 g/mol. The molecule has 4 atom stereocenters. The van der Waals surface area contributed by atoms with Gasteiger partial charge in [-0.3, -0.25) is 0 Å². The van der Waals surface area contributed by atoms with Crippen molar-refractivity contribution in [3.8, 4) is 5.75 Å². The highest BCUT2D eigenvalue weighted by atomic mass is 19.4. The molecule has 0 saturated carbocycles. The minimum Gasteiger partial charge on any atom is -0.497 e. The summed E-state index contributed by atoms with van der Waals surface area (Å²) in [7, 11) is 1.53. The number of methoxy groups -OCH3 is 1. The third-order valence-electron chi connectivity index (χ3n) is 6.62. The van der Waals surface area contributed by atoms with Gasteiger partial charge in [0.25, 0.3) is 0 Å². The predicted molar refractivity (Wildman–Crippen MR) is 111 cm³/mol. The Morgan fingerprint density at radius 3 is 2.22 bits per heavy atom. The van der Waals surface area contributed by atoms with E-state index >= 15 is 0 Å². The molecular formula is C24H24F3NO4. The first-order valence-corrected chi connectivity index (χ1v) is 10.4. The zero-order valence-corrected chi connectivity index (χ0v) is 18.2. The van der Waals surface area contributed by atoms with E-state index in [1.54, 1.807) is 51.1 Å². The van der Waals surface area contributed by atoms with Crippen LogP contribution in [0, 0.1) is 13.8 Å². The zero-order chi connectivity index (χ0) is 22.9. The highest BCUT2D eigenvalue weighted by molar-refractivity contribution is 5.63. The van der Waals surface area contributed by atoms with E-state index < -0.39 is 29.3 Å². The molecular weight excluding hydrogens is 423 g/mol. The quantitative estimate of drug-likeness (QED) is 0.520. The minimum atomic E-state index is -4.71. The monoisotopic (exact) mass is 447 g/mol. The molecule has 1 fully saturated rings. The molecule has 5 nitrogen and oxygen atoms in total. The summed E-state index contributed by atoms with van der Waals surface area (Å²) >= 11 is 0. The van der Waals surface area contributed by atoms with E-state index in [9.17, 15) is 13.2 Å². The smallest absolute Gasteiger partial charge is 0.421 e. The first-order chi connectivity index (χ1) is 15.1. The Balaban J connectivity index is 1.74. The molecule has 0 unspecified atom stereocenters. The molecule has 2 aromatic heterocycles. The van der Waals surface area contributed by atoms with Gasteiger partial charge < -0.3 is 23.6 Å². The maximum absolute atomic E-state index is 15.0. The van der Waals surface area contributed by atoms with E-state index in [1.165, 1.54) is 19.2 Å². The van der Waals surface area contributed by atoms with Crippen molar-refractivity contribution in [1.82, 2.24) is 0 Å². The van der Waals surface area contributed by atoms with Crippen molar-refractivity contribution >= 4 is 5.69 Å². The maximum Gasteiger partial charge on any atom is 0.421 e. The van der Waals surface area contributed by atoms with E-state index in [0.29, 0.717) is 40.7 Å². The van der Waals surface area contributed by atoms with Gasteiger partial charge >= 0.3 is 6.18 Å². The number of benzene rings is 1. The Morgan fingerprint density at radius 1 is 1.00 bits per heavy atom. The number of ether oxygens (including phenoxy) is 2. The van der Waals surface area contributed by atoms with Gasteiger partial charge in [0.05, 0.1) is 7.11 Å². The molecule has 2 aliphatic rings. The van der Waals surface area contributed by atoms with Crippen LogP contribution < -0.4 is 10.1 Å². The van der Waals surface area contributed by atoms with E-state index in [4.69, 9.17) is 18.3 Å². The Labute approximate surface area is 183 Å². The van der Waals surface area contributed by atoms with Crippen molar-refractivity contribution in [2.75, 3.05) is 12.4 Å². The lowest BCUT2D eigenvalue weighted by molar-refractivity contribution is -0.229. The van der Waals surface area contributed by atoms with Crippen LogP contribution in [-0.4, -0.2) is 19.4 Å². The fourth-order valence-corrected chi connectivity index (χ4v) is 5.07. The number of halogens is 3. The van der Waals surface area contributed by atoms with Crippen LogP contribution in [0.5, 0.6) is 5.75 Å². The van der Waals surface area contributed by atoms with Crippen molar-refractivity contribution < 1.29 is 31.5 Å². The lowest BCUT2D eigenvalue weighted by Gasteiger charge is -2.46. The summed E-state index contributed by atoms with van der Waals surface area (Å²) in [6.07, 6.45) is -5.69. The van der Waals surface area contributed by atoms with Crippen LogP contribution in [0.2, 0.25) is 0 Å². The van der Waals surface area contributed by atoms with Crippen LogP contribution in [0.15, 0.2) is 51.3 Å². The second kappa shape index (κ2) is 6.81. The van der Waals surface area contributed by atoms with Crippen LogP contribution >= 0.6 is 0 Å². The highest BCUT2D eigenvalue weighted by Gasteiger charge is 2.71. The summed E-state index contributed by atoms with van der Waals surface area (Å²) in [5, 5.41) is 2.77. The van der Waals surface area contributed by atoms with E-state index in [1.807, 2.05) is 0 Å². The van der Waals surface area contributed by atoms with Crippen LogP contribution in [-0.2, 0) is 15.9 Å². The molecule has 2 aliphatic heterocycles. The minimum absolute atomic E-state index is 0.223. The number of fused-ring (bicyclic) bond motifs is 3. The van der Waals surface area contributed by atoms with Crippen molar-refractivity contribution in [3.05, 3.63) is 71.1 Å². The summed E-state index contributed by atoms with van der Waals surface area (Å²) < 4.78 is 68.0. The molecule has 0 bridgehead atoms. The average Bonchev–Trinajstić information content (AvgIpc) is 3.45. The van der Waals surface area contributed by atoms with Crippen LogP contribution in [0.4, 0.5) is 18.9 Å². The molecule has 0 aliphatic carbocycles. The molecule has 0 amide bonds. The molecule has 1 saturated heterocycles. The number of rotatable bonds is 3. The second-order valence-corrected chi connectivity index (χ2v) is 8.78. The van der Waals surface area contributed by atoms with Crippen molar-refractivity contribution in [2.24, 2.45) is 0 Å². The molecule has 0 spiro atoms. The van der Waals surface area contributed by atoms with Gasteiger partial charge in [0.1, 0.15) is 40.5 Å². The highest BCUT2D eigenvalue weighted by Crippen LogP contribution is 2.61. The number of hydrogen-bond acceptors (Lipinski definition) is 5. The predicted octanol–water partition coefficient (Wildman–Crippen LogP) is 6.17. The normalized spacial score (nSPS) is 29.3. The number of anilines is 1. The van der Waals surface area contributed by atoms with Gasteiger partial charge in [0.15, 0.2) is 0 Å². The lowest BCUT2D eigenvalue weighted by atomic mass is 9.73. The van der Waals surface area contributed by atoms with Crippen molar-refractivity contribution in [3.63, 3.8) is 0 Å². The van der Waals surface area contributed by atoms with Gasteiger partial charge in [-0.1, -0.05) is 0 Å². The molecule has 1 N–H and O–H groups in total. The van der Waals surface area contributed by atoms with Gasteiger partial charge in [0.2, 0.25) is 5.54 Å². The second-order valence-electron chi connectivity index (χ2n) is 8.78. The van der Waals surface area contributed by atoms with Gasteiger partial charge in [-0.2, -0.15) is 13.2 Å². The Morgan fingerprint density at radius 2 is 1.66 bits per heavy atom. The first kappa shape index (κ1) is 21.0. The van der Waals surface area contributed by atoms with Crippen molar-refractivity contribution in [1.29, 1.82) is 0 Å². The lowest BCUT2D eigenvalue weighted by Crippen LogP contribution is -2.60. The van der Waals surface area contributed by atoms with Crippen LogP contribution in [0.1, 0.15) is 47.9 Å². The maximum atomic E-state index is 15.0. The SMILES string of the molecule is COc1ccc2c(c1)[C@H]1C[C@](C)(c3ccc(C)o3)O[C@H]1[C@](c1ccc(C)o1)(C(F)(F)F)N2. The zero-order valence-electron chi connectivity index (χ0n) is 18.2. The largest absolute Gasteiger partial charge is 0.497 e. The molecule has 1 aromatic carbocycles. The summed E-state index contributed by atoms with van der Waals surface area (Å²) in [6.45, 7) is 5.19. The van der Waals surface area contributed by atoms with Gasteiger partial charge in [0, 0.05) is 11.6 Å². The van der Waals surface area contributed by atoms with E-state index in [2.05, 4.69) is 5.32 Å². The Hall–Kier alpha value is -2.87. The van der Waals surface area contributed by atoms with Crippen molar-refractivity contribution in [2.45, 2.75) is 56.5 Å². The fourth-order valence-electron chi connectivity index (χ4n) is 5.07. The molecule has 3 aromatic rings. The molecule has 32 heavy (non-hydrogen) atoms. The number of aryl methyl sites for hydroxylation is 2. The summed E-state index contributed by atoms with van der Waals surface area (Å²) in [6, 6.07) is 11.5. The molecule has 4 heterocycles. The van der Waals surface area contributed by atoms with E-state index in [0.717, 1.165) is 0 Å². The molecule has 0 radical (unpaired) electrons. The number of hydrogen-bond donors (Lipinski definition) is 1. The van der Waals surface area contributed by atoms with Gasteiger partial charge in [-0.25, -0.2) is 0 Å². The fraction of sp³-hybridized carbons (Fsp3) is 0.417. The van der Waals surface area contributed by atoms with Gasteiger partial charge in [-0.05, 0) is 75.2 Å². The summed E-state index contributed by atoms with van der Waals surface area (Å²) in [5.41, 5.74) is -2.52. The molecule has 8 heteroatoms. The first-order valence-electron chi connectivity index (χ1n) is 10.4. The number of alkyl halides is 3. The summed E-state index contributed by atoms with van der Waals surface area (Å²) in [4.78, 5) is 0. The third-order valence-corrected chi connectivity index (χ3v) is 6.62. The van der Waals surface area contributed by atoms with Crippen LogP contribution in [0.25, 0.3) is 0 Å². The Kier molecular flexibility index (Phi) is 4.47. The molecule has 170 valence electrons. The number of nitrogens with one attached hydrogen (secondary N) is 1. The van der Waals surface area contributed by atoms with E-state index in [-0.39, 0.29) is 5.76 Å². The number of furan rings is 2. The molecule has 5 rings (SSSR count). The Bertz CT molecular complexity index is 1170. The third kappa shape index (κ3) is 2.88. The topological polar surface area (TPSA) is 56.8 Å². The van der Waals surface area contributed by atoms with Crippen LogP contribution in [0.3, 0.4) is 0 Å². The standard InChI is InChI=1S/C24H24F3NO4/c1-13-5-9-19(30-13)22(3)12-17-16-11-15(29-4)7-8-18(16)28-23(21(17)32-22,24(25,26)27)20-10-6-14(2)31-20/h5-11,17,21,28H,12H2,1-4H3/t17-,21-,22-,23-/m1/s1. The van der Waals surface area contributed by atoms with Gasteiger partial charge in [-0.15, -0.1) is 0 Å².